The van der Waals surface area contributed by atoms with Crippen molar-refractivity contribution in [2.45, 2.75) is 40.5 Å². The largest absolute Gasteiger partial charge is 1.00 e. The molecule has 0 radical (unpaired) electrons. The summed E-state index contributed by atoms with van der Waals surface area (Å²) in [5.74, 6) is 1.40. The van der Waals surface area contributed by atoms with E-state index in [4.69, 9.17) is 0 Å². The van der Waals surface area contributed by atoms with E-state index < -0.39 is 0 Å². The molecule has 0 aromatic carbocycles. The molecule has 0 saturated heterocycles. The van der Waals surface area contributed by atoms with Gasteiger partial charge in [0, 0.05) is 0 Å². The van der Waals surface area contributed by atoms with Crippen LogP contribution in [0, 0.1) is 11.8 Å². The second kappa shape index (κ2) is 5.53. The van der Waals surface area contributed by atoms with Gasteiger partial charge in [0.25, 0.3) is 0 Å². The fraction of sp³-hybridized carbons (Fsp3) is 0.500. The van der Waals surface area contributed by atoms with Crippen molar-refractivity contribution in [3.63, 3.8) is 0 Å². The van der Waals surface area contributed by atoms with Gasteiger partial charge in [0.05, 0.1) is 0 Å². The molecule has 0 aliphatic heterocycles. The van der Waals surface area contributed by atoms with Crippen LogP contribution in [0.3, 0.4) is 0 Å². The zero-order valence-electron chi connectivity index (χ0n) is 13.3. The van der Waals surface area contributed by atoms with Crippen molar-refractivity contribution in [1.29, 1.82) is 0 Å². The van der Waals surface area contributed by atoms with Gasteiger partial charge in [0.15, 0.2) is 0 Å². The van der Waals surface area contributed by atoms with Crippen molar-refractivity contribution >= 4 is 0 Å². The van der Waals surface area contributed by atoms with Crippen LogP contribution in [0.2, 0.25) is 0 Å². The summed E-state index contributed by atoms with van der Waals surface area (Å²) >= 11 is -0.0938. The third kappa shape index (κ3) is 2.91. The molecule has 0 aromatic rings. The minimum Gasteiger partial charge on any atom is -1.00 e. The van der Waals surface area contributed by atoms with Crippen molar-refractivity contribution in [2.75, 3.05) is 0 Å². The molecule has 1 heteroatoms. The fourth-order valence-electron chi connectivity index (χ4n) is 2.39. The van der Waals surface area contributed by atoms with Crippen LogP contribution in [0.15, 0.2) is 43.4 Å². The predicted octanol–water partition coefficient (Wildman–Crippen LogP) is 5.03. The maximum Gasteiger partial charge on any atom is -1.00 e. The van der Waals surface area contributed by atoms with Crippen LogP contribution in [0.25, 0.3) is 0 Å². The summed E-state index contributed by atoms with van der Waals surface area (Å²) in [6.07, 6.45) is 11.9. The van der Waals surface area contributed by atoms with E-state index in [1.807, 2.05) is 0 Å². The summed E-state index contributed by atoms with van der Waals surface area (Å²) in [5, 5.41) is 0. The van der Waals surface area contributed by atoms with E-state index in [1.165, 1.54) is 12.8 Å². The van der Waals surface area contributed by atoms with Gasteiger partial charge < -0.3 is 2.85 Å². The molecule has 0 amide bonds. The molecule has 2 rings (SSSR count). The van der Waals surface area contributed by atoms with E-state index in [9.17, 15) is 0 Å². The smallest absolute Gasteiger partial charge is 1.00 e. The van der Waals surface area contributed by atoms with Gasteiger partial charge in [-0.15, -0.1) is 0 Å². The molecule has 94 valence electrons. The molecule has 0 spiro atoms. The molecule has 0 aromatic heterocycles. The third-order valence-electron chi connectivity index (χ3n) is 3.34. The SMILES string of the molecule is CC(C)C1=[C]([Mo+2][C]2=C(C(C)C)C=CC2)CC=C1.[H-].[H-]. The van der Waals surface area contributed by atoms with Crippen LogP contribution in [0.5, 0.6) is 0 Å². The van der Waals surface area contributed by atoms with Gasteiger partial charge in [-0.2, -0.15) is 0 Å². The van der Waals surface area contributed by atoms with E-state index in [0.29, 0.717) is 11.8 Å². The van der Waals surface area contributed by atoms with Crippen molar-refractivity contribution < 1.29 is 21.4 Å². The number of allylic oxidation sites excluding steroid dienone is 8. The minimum absolute atomic E-state index is 0. The normalized spacial score (nSPS) is 19.4. The van der Waals surface area contributed by atoms with Crippen LogP contribution >= 0.6 is 0 Å². The molecule has 0 saturated carbocycles. The van der Waals surface area contributed by atoms with Crippen LogP contribution < -0.4 is 0 Å². The molecular formula is C16H24Mo. The standard InChI is InChI=1S/2C8H11.Mo.2H/c2*1-7(2)8-5-3-4-6-8;;;/h2*3,5,7H,4H2,1-2H3;;;/q;;+2;2*-1. The Labute approximate surface area is 117 Å². The number of rotatable bonds is 4. The van der Waals surface area contributed by atoms with Crippen molar-refractivity contribution in [2.24, 2.45) is 11.8 Å². The summed E-state index contributed by atoms with van der Waals surface area (Å²) in [7, 11) is 0. The van der Waals surface area contributed by atoms with Gasteiger partial charge in [-0.1, -0.05) is 0 Å². The van der Waals surface area contributed by atoms with Gasteiger partial charge in [0.1, 0.15) is 0 Å². The molecule has 2 aliphatic carbocycles. The Morgan fingerprint density at radius 1 is 0.882 bits per heavy atom. The minimum atomic E-state index is -0.0938. The van der Waals surface area contributed by atoms with Gasteiger partial charge in [-0.25, -0.2) is 0 Å². The van der Waals surface area contributed by atoms with Crippen molar-refractivity contribution in [3.8, 4) is 0 Å². The summed E-state index contributed by atoms with van der Waals surface area (Å²) in [6.45, 7) is 9.29. The maximum absolute atomic E-state index is 2.36. The third-order valence-corrected chi connectivity index (χ3v) is 6.53. The predicted molar refractivity (Wildman–Crippen MR) is 73.5 cm³/mol. The fourth-order valence-corrected chi connectivity index (χ4v) is 6.07. The Kier molecular flexibility index (Phi) is 4.26. The average Bonchev–Trinajstić information content (AvgIpc) is 2.86. The van der Waals surface area contributed by atoms with E-state index in [-0.39, 0.29) is 21.4 Å². The average molecular weight is 312 g/mol. The number of hydrogen-bond donors (Lipinski definition) is 0. The summed E-state index contributed by atoms with van der Waals surface area (Å²) in [6, 6.07) is 0. The topological polar surface area (TPSA) is 0 Å². The molecule has 17 heavy (non-hydrogen) atoms. The monoisotopic (exact) mass is 314 g/mol. The van der Waals surface area contributed by atoms with E-state index >= 15 is 0 Å². The van der Waals surface area contributed by atoms with Gasteiger partial charge in [-0.3, -0.25) is 0 Å². The Morgan fingerprint density at radius 3 is 1.65 bits per heavy atom. The summed E-state index contributed by atoms with van der Waals surface area (Å²) in [4.78, 5) is 0. The van der Waals surface area contributed by atoms with Gasteiger partial charge in [-0.05, 0) is 0 Å². The van der Waals surface area contributed by atoms with E-state index in [1.54, 1.807) is 19.1 Å². The second-order valence-corrected chi connectivity index (χ2v) is 8.31. The van der Waals surface area contributed by atoms with Crippen molar-refractivity contribution in [1.82, 2.24) is 0 Å². The van der Waals surface area contributed by atoms with Crippen LogP contribution in [0.4, 0.5) is 0 Å². The quantitative estimate of drug-likeness (QED) is 0.638. The molecule has 0 nitrogen and oxygen atoms in total. The molecular weight excluding hydrogens is 288 g/mol. The molecule has 0 N–H and O–H groups in total. The summed E-state index contributed by atoms with van der Waals surface area (Å²) in [5.41, 5.74) is 3.27. The van der Waals surface area contributed by atoms with Crippen LogP contribution in [-0.2, 0) is 18.6 Å². The molecule has 0 heterocycles. The Morgan fingerprint density at radius 2 is 1.29 bits per heavy atom. The first-order valence-electron chi connectivity index (χ1n) is 6.56. The summed E-state index contributed by atoms with van der Waals surface area (Å²) < 4.78 is 3.56. The Hall–Kier alpha value is -0.352. The first-order chi connectivity index (χ1) is 8.09. The number of hydrogen-bond acceptors (Lipinski definition) is 0. The zero-order valence-corrected chi connectivity index (χ0v) is 13.3. The molecule has 0 atom stereocenters. The first kappa shape index (κ1) is 13.1. The van der Waals surface area contributed by atoms with Crippen LogP contribution in [-0.4, -0.2) is 0 Å². The van der Waals surface area contributed by atoms with Crippen molar-refractivity contribution in [3.05, 3.63) is 43.4 Å². The molecule has 2 aliphatic rings. The van der Waals surface area contributed by atoms with E-state index in [0.717, 1.165) is 0 Å². The first-order valence-corrected chi connectivity index (χ1v) is 8.57. The molecule has 0 unspecified atom stereocenters. The molecule has 0 bridgehead atoms. The molecule has 0 fully saturated rings. The van der Waals surface area contributed by atoms with E-state index in [2.05, 4.69) is 52.0 Å². The second-order valence-electron chi connectivity index (χ2n) is 5.38. The van der Waals surface area contributed by atoms with Gasteiger partial charge in [0.2, 0.25) is 0 Å². The van der Waals surface area contributed by atoms with Gasteiger partial charge >= 0.3 is 114 Å². The zero-order chi connectivity index (χ0) is 12.4. The maximum atomic E-state index is 2.36. The Bertz CT molecular complexity index is 386. The Balaban J connectivity index is 0.00000162. The van der Waals surface area contributed by atoms with Crippen LogP contribution in [0.1, 0.15) is 43.4 Å².